The van der Waals surface area contributed by atoms with Crippen LogP contribution in [-0.2, 0) is 6.42 Å². The number of imidazole rings is 1. The highest BCUT2D eigenvalue weighted by Gasteiger charge is 2.07. The first kappa shape index (κ1) is 13.2. The standard InChI is InChI=1S/C16H16BrN3/c1-20(11-10-12-6-8-13(17)9-7-12)16-18-14-4-2-3-5-15(14)19-16/h2-9H,10-11H2,1H3,(H,18,19). The van der Waals surface area contributed by atoms with Gasteiger partial charge in [-0.1, -0.05) is 40.2 Å². The molecule has 0 aliphatic heterocycles. The summed E-state index contributed by atoms with van der Waals surface area (Å²) in [5, 5.41) is 0. The number of halogens is 1. The number of fused-ring (bicyclic) bond motifs is 1. The number of hydrogen-bond acceptors (Lipinski definition) is 2. The minimum atomic E-state index is 0.920. The zero-order valence-electron chi connectivity index (χ0n) is 11.3. The van der Waals surface area contributed by atoms with Gasteiger partial charge in [-0.15, -0.1) is 0 Å². The van der Waals surface area contributed by atoms with Crippen molar-refractivity contribution < 1.29 is 0 Å². The number of benzene rings is 2. The molecule has 0 saturated carbocycles. The Bertz CT molecular complexity index is 670. The molecular weight excluding hydrogens is 314 g/mol. The number of anilines is 1. The molecule has 20 heavy (non-hydrogen) atoms. The molecule has 0 aliphatic carbocycles. The largest absolute Gasteiger partial charge is 0.345 e. The van der Waals surface area contributed by atoms with E-state index in [0.29, 0.717) is 0 Å². The van der Waals surface area contributed by atoms with Crippen molar-refractivity contribution in [3.8, 4) is 0 Å². The summed E-state index contributed by atoms with van der Waals surface area (Å²) in [5.41, 5.74) is 3.42. The Labute approximate surface area is 126 Å². The predicted octanol–water partition coefficient (Wildman–Crippen LogP) is 4.00. The number of para-hydroxylation sites is 2. The second-order valence-corrected chi connectivity index (χ2v) is 5.79. The second-order valence-electron chi connectivity index (χ2n) is 4.88. The summed E-state index contributed by atoms with van der Waals surface area (Å²) in [6.45, 7) is 0.932. The minimum Gasteiger partial charge on any atom is -0.345 e. The van der Waals surface area contributed by atoms with E-state index in [1.807, 2.05) is 24.3 Å². The fourth-order valence-electron chi connectivity index (χ4n) is 2.17. The first-order valence-corrected chi connectivity index (χ1v) is 7.42. The van der Waals surface area contributed by atoms with Gasteiger partial charge in [-0.25, -0.2) is 4.98 Å². The Morgan fingerprint density at radius 2 is 1.85 bits per heavy atom. The van der Waals surface area contributed by atoms with Crippen LogP contribution in [0.1, 0.15) is 5.56 Å². The molecule has 1 aromatic heterocycles. The number of aromatic nitrogens is 2. The average molecular weight is 330 g/mol. The van der Waals surface area contributed by atoms with E-state index in [-0.39, 0.29) is 0 Å². The van der Waals surface area contributed by atoms with Crippen molar-refractivity contribution in [2.24, 2.45) is 0 Å². The summed E-state index contributed by atoms with van der Waals surface area (Å²) in [4.78, 5) is 10.1. The topological polar surface area (TPSA) is 31.9 Å². The van der Waals surface area contributed by atoms with E-state index < -0.39 is 0 Å². The van der Waals surface area contributed by atoms with Crippen molar-refractivity contribution in [3.05, 3.63) is 58.6 Å². The van der Waals surface area contributed by atoms with Crippen LogP contribution in [0.3, 0.4) is 0 Å². The van der Waals surface area contributed by atoms with Crippen molar-refractivity contribution in [1.29, 1.82) is 0 Å². The molecule has 3 aromatic rings. The highest BCUT2D eigenvalue weighted by Crippen LogP contribution is 2.16. The summed E-state index contributed by atoms with van der Waals surface area (Å²) >= 11 is 3.46. The van der Waals surface area contributed by atoms with E-state index in [1.165, 1.54) is 5.56 Å². The molecule has 0 spiro atoms. The van der Waals surface area contributed by atoms with Crippen molar-refractivity contribution in [2.45, 2.75) is 6.42 Å². The van der Waals surface area contributed by atoms with E-state index in [1.54, 1.807) is 0 Å². The highest BCUT2D eigenvalue weighted by atomic mass is 79.9. The molecule has 1 N–H and O–H groups in total. The lowest BCUT2D eigenvalue weighted by atomic mass is 10.1. The molecule has 0 amide bonds. The molecule has 0 atom stereocenters. The number of likely N-dealkylation sites (N-methyl/N-ethyl adjacent to an activating group) is 1. The van der Waals surface area contributed by atoms with Gasteiger partial charge in [-0.3, -0.25) is 0 Å². The third-order valence-electron chi connectivity index (χ3n) is 3.39. The zero-order chi connectivity index (χ0) is 13.9. The molecule has 3 rings (SSSR count). The monoisotopic (exact) mass is 329 g/mol. The quantitative estimate of drug-likeness (QED) is 0.784. The van der Waals surface area contributed by atoms with E-state index in [4.69, 9.17) is 0 Å². The zero-order valence-corrected chi connectivity index (χ0v) is 12.9. The molecule has 4 heteroatoms. The third-order valence-corrected chi connectivity index (χ3v) is 3.92. The maximum absolute atomic E-state index is 4.60. The van der Waals surface area contributed by atoms with Crippen molar-refractivity contribution >= 4 is 32.9 Å². The first-order valence-electron chi connectivity index (χ1n) is 6.63. The van der Waals surface area contributed by atoms with E-state index in [9.17, 15) is 0 Å². The Morgan fingerprint density at radius 3 is 2.60 bits per heavy atom. The van der Waals surface area contributed by atoms with Gasteiger partial charge in [0.05, 0.1) is 11.0 Å². The molecule has 0 saturated heterocycles. The SMILES string of the molecule is CN(CCc1ccc(Br)cc1)c1nc2ccccc2[nH]1. The third kappa shape index (κ3) is 2.85. The summed E-state index contributed by atoms with van der Waals surface area (Å²) in [5.74, 6) is 0.920. The molecule has 0 bridgehead atoms. The molecule has 3 nitrogen and oxygen atoms in total. The molecule has 0 fully saturated rings. The summed E-state index contributed by atoms with van der Waals surface area (Å²) in [6.07, 6.45) is 1.00. The van der Waals surface area contributed by atoms with Crippen molar-refractivity contribution in [2.75, 3.05) is 18.5 Å². The van der Waals surface area contributed by atoms with Gasteiger partial charge in [-0.05, 0) is 36.2 Å². The van der Waals surface area contributed by atoms with Gasteiger partial charge in [-0.2, -0.15) is 0 Å². The van der Waals surface area contributed by atoms with E-state index >= 15 is 0 Å². The number of rotatable bonds is 4. The Kier molecular flexibility index (Phi) is 3.74. The molecule has 0 radical (unpaired) electrons. The van der Waals surface area contributed by atoms with Gasteiger partial charge in [0, 0.05) is 18.1 Å². The van der Waals surface area contributed by atoms with Crippen LogP contribution in [0.2, 0.25) is 0 Å². The van der Waals surface area contributed by atoms with Crippen LogP contribution in [0.25, 0.3) is 11.0 Å². The molecule has 0 unspecified atom stereocenters. The van der Waals surface area contributed by atoms with Crippen LogP contribution in [0, 0.1) is 0 Å². The van der Waals surface area contributed by atoms with Crippen LogP contribution in [-0.4, -0.2) is 23.6 Å². The molecule has 1 heterocycles. The summed E-state index contributed by atoms with van der Waals surface area (Å²) in [7, 11) is 2.07. The van der Waals surface area contributed by atoms with Crippen LogP contribution >= 0.6 is 15.9 Å². The second kappa shape index (κ2) is 5.67. The maximum Gasteiger partial charge on any atom is 0.203 e. The van der Waals surface area contributed by atoms with Gasteiger partial charge in [0.1, 0.15) is 0 Å². The fourth-order valence-corrected chi connectivity index (χ4v) is 2.44. The first-order chi connectivity index (χ1) is 9.72. The average Bonchev–Trinajstić information content (AvgIpc) is 2.90. The van der Waals surface area contributed by atoms with Gasteiger partial charge in [0.25, 0.3) is 0 Å². The van der Waals surface area contributed by atoms with Gasteiger partial charge in [0.2, 0.25) is 5.95 Å². The molecule has 0 aliphatic rings. The van der Waals surface area contributed by atoms with Gasteiger partial charge < -0.3 is 9.88 Å². The van der Waals surface area contributed by atoms with Crippen LogP contribution in [0.15, 0.2) is 53.0 Å². The van der Waals surface area contributed by atoms with E-state index in [0.717, 1.165) is 34.4 Å². The van der Waals surface area contributed by atoms with E-state index in [2.05, 4.69) is 62.1 Å². The van der Waals surface area contributed by atoms with Crippen LogP contribution in [0.5, 0.6) is 0 Å². The Balaban J connectivity index is 1.69. The maximum atomic E-state index is 4.60. The van der Waals surface area contributed by atoms with Crippen LogP contribution in [0.4, 0.5) is 5.95 Å². The fraction of sp³-hybridized carbons (Fsp3) is 0.188. The smallest absolute Gasteiger partial charge is 0.203 e. The van der Waals surface area contributed by atoms with Crippen molar-refractivity contribution in [1.82, 2.24) is 9.97 Å². The lowest BCUT2D eigenvalue weighted by Gasteiger charge is -2.15. The van der Waals surface area contributed by atoms with Crippen molar-refractivity contribution in [3.63, 3.8) is 0 Å². The summed E-state index contributed by atoms with van der Waals surface area (Å²) in [6, 6.07) is 16.6. The lowest BCUT2D eigenvalue weighted by molar-refractivity contribution is 0.850. The number of aromatic amines is 1. The van der Waals surface area contributed by atoms with Gasteiger partial charge in [0.15, 0.2) is 0 Å². The number of hydrogen-bond donors (Lipinski definition) is 1. The number of nitrogens with zero attached hydrogens (tertiary/aromatic N) is 2. The lowest BCUT2D eigenvalue weighted by Crippen LogP contribution is -2.21. The summed E-state index contributed by atoms with van der Waals surface area (Å²) < 4.78 is 1.12. The van der Waals surface area contributed by atoms with Crippen LogP contribution < -0.4 is 4.90 Å². The number of nitrogens with one attached hydrogen (secondary N) is 1. The minimum absolute atomic E-state index is 0.920. The Morgan fingerprint density at radius 1 is 1.10 bits per heavy atom. The predicted molar refractivity (Wildman–Crippen MR) is 87.2 cm³/mol. The molecular formula is C16H16BrN3. The normalized spacial score (nSPS) is 10.9. The van der Waals surface area contributed by atoms with Gasteiger partial charge >= 0.3 is 0 Å². The molecule has 2 aromatic carbocycles. The number of H-pyrrole nitrogens is 1. The Hall–Kier alpha value is -1.81. The highest BCUT2D eigenvalue weighted by molar-refractivity contribution is 9.10. The molecule has 102 valence electrons.